The lowest BCUT2D eigenvalue weighted by atomic mass is 9.83. The molecule has 0 radical (unpaired) electrons. The molecular weight excluding hydrogens is 536 g/mol. The zero-order valence-corrected chi connectivity index (χ0v) is 23.9. The van der Waals surface area contributed by atoms with Gasteiger partial charge in [0.1, 0.15) is 0 Å². The number of aliphatic hydroxyl groups excluding tert-OH is 1. The van der Waals surface area contributed by atoms with E-state index in [1.165, 1.54) is 9.96 Å². The first-order chi connectivity index (χ1) is 19.7. The van der Waals surface area contributed by atoms with E-state index in [0.29, 0.717) is 48.7 Å². The van der Waals surface area contributed by atoms with Gasteiger partial charge in [-0.25, -0.2) is 9.86 Å². The molecule has 41 heavy (non-hydrogen) atoms. The standard InChI is InChI=1S/C28H40N4O9/c1-4-8-32(41-11-5-2)24(35)15-30-14-20(18-12-19(16-33)26-22(13-18)39-17-40-26)25(27(36)37)21(30)6-10-31-23(34)7-9-29(3)28(31)38/h12-13,20-21,25,33H,4-11,14-17H2,1-3H3,(H,36,37)/t20-,21+,25-/m1/s1. The van der Waals surface area contributed by atoms with Gasteiger partial charge in [0.05, 0.1) is 25.7 Å². The number of urea groups is 1. The fourth-order valence-corrected chi connectivity index (χ4v) is 5.84. The quantitative estimate of drug-likeness (QED) is 0.332. The van der Waals surface area contributed by atoms with Gasteiger partial charge >= 0.3 is 12.0 Å². The second-order valence-electron chi connectivity index (χ2n) is 10.7. The zero-order valence-electron chi connectivity index (χ0n) is 23.9. The van der Waals surface area contributed by atoms with E-state index in [2.05, 4.69) is 0 Å². The number of imide groups is 1. The summed E-state index contributed by atoms with van der Waals surface area (Å²) >= 11 is 0. The van der Waals surface area contributed by atoms with Crippen LogP contribution in [-0.4, -0.2) is 113 Å². The number of rotatable bonds is 13. The van der Waals surface area contributed by atoms with Gasteiger partial charge in [-0.3, -0.25) is 29.0 Å². The van der Waals surface area contributed by atoms with Gasteiger partial charge in [0.15, 0.2) is 11.5 Å². The van der Waals surface area contributed by atoms with Gasteiger partial charge < -0.3 is 24.6 Å². The van der Waals surface area contributed by atoms with Crippen molar-refractivity contribution in [2.24, 2.45) is 5.92 Å². The molecule has 1 aromatic carbocycles. The van der Waals surface area contributed by atoms with Crippen LogP contribution in [0.15, 0.2) is 12.1 Å². The molecule has 0 aromatic heterocycles. The summed E-state index contributed by atoms with van der Waals surface area (Å²) in [6.07, 6.45) is 1.79. The van der Waals surface area contributed by atoms with Crippen LogP contribution in [0.2, 0.25) is 0 Å². The number of hydrogen-bond acceptors (Lipinski definition) is 9. The second kappa shape index (κ2) is 13.5. The summed E-state index contributed by atoms with van der Waals surface area (Å²) in [7, 11) is 1.62. The number of aliphatic hydroxyl groups is 1. The lowest BCUT2D eigenvalue weighted by Gasteiger charge is -2.34. The number of carboxylic acids is 1. The molecule has 0 bridgehead atoms. The minimum Gasteiger partial charge on any atom is -0.481 e. The number of hydroxylamine groups is 2. The Labute approximate surface area is 239 Å². The fraction of sp³-hybridized carbons (Fsp3) is 0.643. The molecule has 1 aromatic rings. The third-order valence-electron chi connectivity index (χ3n) is 7.87. The molecule has 13 nitrogen and oxygen atoms in total. The van der Waals surface area contributed by atoms with Gasteiger partial charge in [0.2, 0.25) is 12.7 Å². The van der Waals surface area contributed by atoms with Crippen molar-refractivity contribution in [1.82, 2.24) is 19.8 Å². The molecule has 3 heterocycles. The van der Waals surface area contributed by atoms with Crippen LogP contribution in [0.25, 0.3) is 0 Å². The van der Waals surface area contributed by atoms with Gasteiger partial charge in [-0.2, -0.15) is 0 Å². The van der Waals surface area contributed by atoms with Crippen LogP contribution >= 0.6 is 0 Å². The zero-order chi connectivity index (χ0) is 29.7. The van der Waals surface area contributed by atoms with E-state index < -0.39 is 29.9 Å². The van der Waals surface area contributed by atoms with Gasteiger partial charge in [-0.05, 0) is 37.0 Å². The number of hydrogen-bond donors (Lipinski definition) is 2. The average molecular weight is 577 g/mol. The molecule has 3 aliphatic heterocycles. The van der Waals surface area contributed by atoms with Crippen molar-refractivity contribution in [2.75, 3.05) is 53.2 Å². The van der Waals surface area contributed by atoms with E-state index >= 15 is 0 Å². The predicted molar refractivity (Wildman–Crippen MR) is 145 cm³/mol. The summed E-state index contributed by atoms with van der Waals surface area (Å²) in [6, 6.07) is 2.37. The minimum absolute atomic E-state index is 0.000570. The molecule has 0 saturated carbocycles. The van der Waals surface area contributed by atoms with Crippen LogP contribution in [0.4, 0.5) is 4.79 Å². The molecule has 4 amide bonds. The Hall–Kier alpha value is -3.42. The molecule has 2 saturated heterocycles. The van der Waals surface area contributed by atoms with E-state index in [1.54, 1.807) is 19.2 Å². The van der Waals surface area contributed by atoms with Crippen molar-refractivity contribution in [3.8, 4) is 11.5 Å². The number of nitrogens with zero attached hydrogens (tertiary/aromatic N) is 4. The molecule has 2 N–H and O–H groups in total. The van der Waals surface area contributed by atoms with Crippen molar-refractivity contribution >= 4 is 23.8 Å². The smallest absolute Gasteiger partial charge is 0.326 e. The summed E-state index contributed by atoms with van der Waals surface area (Å²) in [5, 5.41) is 21.8. The third-order valence-corrected chi connectivity index (χ3v) is 7.87. The molecule has 2 fully saturated rings. The predicted octanol–water partition coefficient (Wildman–Crippen LogP) is 1.63. The van der Waals surface area contributed by atoms with Crippen LogP contribution in [0.5, 0.6) is 11.5 Å². The van der Waals surface area contributed by atoms with Crippen molar-refractivity contribution in [1.29, 1.82) is 0 Å². The minimum atomic E-state index is -1.06. The number of carbonyl (C=O) groups is 4. The molecule has 13 heteroatoms. The molecule has 3 atom stereocenters. The van der Waals surface area contributed by atoms with Crippen LogP contribution in [0.3, 0.4) is 0 Å². The maximum absolute atomic E-state index is 13.4. The van der Waals surface area contributed by atoms with Gasteiger partial charge in [-0.15, -0.1) is 0 Å². The van der Waals surface area contributed by atoms with Crippen molar-refractivity contribution in [3.05, 3.63) is 23.3 Å². The Kier molecular flexibility index (Phi) is 10.1. The molecule has 0 spiro atoms. The highest BCUT2D eigenvalue weighted by Crippen LogP contribution is 2.44. The molecule has 0 aliphatic carbocycles. The summed E-state index contributed by atoms with van der Waals surface area (Å²) in [5.74, 6) is -2.31. The Balaban J connectivity index is 1.65. The lowest BCUT2D eigenvalue weighted by Crippen LogP contribution is -2.52. The Bertz CT molecular complexity index is 1150. The SMILES string of the molecule is CCCON(CCC)C(=O)CN1C[C@H](c2cc(CO)c3c(c2)OCO3)[C@@H](C(=O)O)[C@@H]1CCN1C(=O)CCN(C)C1=O. The monoisotopic (exact) mass is 576 g/mol. The normalized spacial score (nSPS) is 22.5. The van der Waals surface area contributed by atoms with E-state index in [-0.39, 0.29) is 57.7 Å². The van der Waals surface area contributed by atoms with Gasteiger partial charge in [0.25, 0.3) is 5.91 Å². The highest BCUT2D eigenvalue weighted by Gasteiger charge is 2.48. The first kappa shape index (κ1) is 30.5. The van der Waals surface area contributed by atoms with Gasteiger partial charge in [0, 0.05) is 57.2 Å². The van der Waals surface area contributed by atoms with Crippen LogP contribution in [0.1, 0.15) is 56.6 Å². The lowest BCUT2D eigenvalue weighted by molar-refractivity contribution is -0.188. The summed E-state index contributed by atoms with van der Waals surface area (Å²) in [6.45, 7) is 4.84. The number of ether oxygens (including phenoxy) is 2. The topological polar surface area (TPSA) is 149 Å². The van der Waals surface area contributed by atoms with Crippen LogP contribution in [0, 0.1) is 5.92 Å². The molecule has 3 aliphatic rings. The van der Waals surface area contributed by atoms with Crippen LogP contribution < -0.4 is 9.47 Å². The summed E-state index contributed by atoms with van der Waals surface area (Å²) < 4.78 is 11.0. The molecule has 226 valence electrons. The van der Waals surface area contributed by atoms with E-state index in [1.807, 2.05) is 18.7 Å². The number of fused-ring (bicyclic) bond motifs is 1. The Morgan fingerprint density at radius 2 is 1.95 bits per heavy atom. The number of amides is 4. The number of benzene rings is 1. The number of carbonyl (C=O) groups excluding carboxylic acids is 3. The Morgan fingerprint density at radius 1 is 1.17 bits per heavy atom. The third kappa shape index (κ3) is 6.57. The highest BCUT2D eigenvalue weighted by molar-refractivity contribution is 5.96. The summed E-state index contributed by atoms with van der Waals surface area (Å²) in [5.41, 5.74) is 1.13. The fourth-order valence-electron chi connectivity index (χ4n) is 5.84. The maximum Gasteiger partial charge on any atom is 0.326 e. The number of carboxylic acid groups (broad SMARTS) is 1. The summed E-state index contributed by atoms with van der Waals surface area (Å²) in [4.78, 5) is 61.6. The van der Waals surface area contributed by atoms with Crippen molar-refractivity contribution in [2.45, 2.75) is 58.1 Å². The first-order valence-corrected chi connectivity index (χ1v) is 14.2. The molecule has 0 unspecified atom stereocenters. The molecule has 4 rings (SSSR count). The first-order valence-electron chi connectivity index (χ1n) is 14.2. The van der Waals surface area contributed by atoms with Crippen molar-refractivity contribution in [3.63, 3.8) is 0 Å². The number of aliphatic carboxylic acids is 1. The average Bonchev–Trinajstić information content (AvgIpc) is 3.57. The molecular formula is C28H40N4O9. The number of likely N-dealkylation sites (tertiary alicyclic amines) is 1. The van der Waals surface area contributed by atoms with E-state index in [0.717, 1.165) is 11.3 Å². The van der Waals surface area contributed by atoms with E-state index in [9.17, 15) is 29.4 Å². The largest absolute Gasteiger partial charge is 0.481 e. The highest BCUT2D eigenvalue weighted by atomic mass is 16.7. The van der Waals surface area contributed by atoms with Gasteiger partial charge in [-0.1, -0.05) is 13.8 Å². The Morgan fingerprint density at radius 3 is 2.63 bits per heavy atom. The second-order valence-corrected chi connectivity index (χ2v) is 10.7. The maximum atomic E-state index is 13.4. The van der Waals surface area contributed by atoms with E-state index in [4.69, 9.17) is 14.3 Å². The van der Waals surface area contributed by atoms with Crippen molar-refractivity contribution < 1.29 is 43.7 Å². The van der Waals surface area contributed by atoms with Crippen LogP contribution in [-0.2, 0) is 25.8 Å².